The summed E-state index contributed by atoms with van der Waals surface area (Å²) in [7, 11) is 0. The van der Waals surface area contributed by atoms with Gasteiger partial charge in [0.1, 0.15) is 16.7 Å². The van der Waals surface area contributed by atoms with E-state index in [1.165, 1.54) is 24.6 Å². The van der Waals surface area contributed by atoms with Crippen molar-refractivity contribution in [1.29, 1.82) is 0 Å². The van der Waals surface area contributed by atoms with Crippen molar-refractivity contribution in [3.63, 3.8) is 0 Å². The van der Waals surface area contributed by atoms with Crippen LogP contribution in [0.5, 0.6) is 0 Å². The van der Waals surface area contributed by atoms with E-state index in [0.29, 0.717) is 15.6 Å². The summed E-state index contributed by atoms with van der Waals surface area (Å²) >= 11 is 1.11. The number of benzene rings is 1. The minimum absolute atomic E-state index is 0.0606. The highest BCUT2D eigenvalue weighted by Crippen LogP contribution is 2.30. The van der Waals surface area contributed by atoms with E-state index >= 15 is 0 Å². The van der Waals surface area contributed by atoms with Gasteiger partial charge in [-0.25, -0.2) is 23.0 Å². The van der Waals surface area contributed by atoms with Crippen molar-refractivity contribution in [2.24, 2.45) is 0 Å². The van der Waals surface area contributed by atoms with Crippen LogP contribution in [0.3, 0.4) is 0 Å². The van der Waals surface area contributed by atoms with Crippen molar-refractivity contribution in [3.8, 4) is 0 Å². The molecule has 1 saturated carbocycles. The van der Waals surface area contributed by atoms with Crippen LogP contribution >= 0.6 is 11.8 Å². The second-order valence-electron chi connectivity index (χ2n) is 6.26. The summed E-state index contributed by atoms with van der Waals surface area (Å²) in [5.41, 5.74) is 0.484. The standard InChI is InChI=1S/C18H17F2N3OS/c19-12-6-7-15(14(20)10-12)25-17-8-9-22-16(21-17)11-18(24)23(22)13-4-2-1-3-5-13/h6-11,13H,1-5H2. The fourth-order valence-electron chi connectivity index (χ4n) is 3.38. The molecule has 0 N–H and O–H groups in total. The Kier molecular flexibility index (Phi) is 4.33. The first-order valence-electron chi connectivity index (χ1n) is 8.36. The lowest BCUT2D eigenvalue weighted by molar-refractivity contribution is 0.313. The van der Waals surface area contributed by atoms with Crippen molar-refractivity contribution in [1.82, 2.24) is 14.2 Å². The summed E-state index contributed by atoms with van der Waals surface area (Å²) in [6.45, 7) is 0. The van der Waals surface area contributed by atoms with Crippen LogP contribution in [-0.4, -0.2) is 14.2 Å². The van der Waals surface area contributed by atoms with Gasteiger partial charge in [-0.15, -0.1) is 0 Å². The molecule has 4 nitrogen and oxygen atoms in total. The van der Waals surface area contributed by atoms with Gasteiger partial charge in [-0.05, 0) is 31.0 Å². The maximum atomic E-state index is 13.8. The van der Waals surface area contributed by atoms with Gasteiger partial charge in [0, 0.05) is 23.2 Å². The highest BCUT2D eigenvalue weighted by Gasteiger charge is 2.20. The molecule has 0 spiro atoms. The summed E-state index contributed by atoms with van der Waals surface area (Å²) in [4.78, 5) is 17.1. The van der Waals surface area contributed by atoms with E-state index in [1.54, 1.807) is 21.5 Å². The summed E-state index contributed by atoms with van der Waals surface area (Å²) in [6.07, 6.45) is 7.29. The lowest BCUT2D eigenvalue weighted by atomic mass is 9.96. The number of hydrogen-bond acceptors (Lipinski definition) is 3. The minimum Gasteiger partial charge on any atom is -0.268 e. The third-order valence-corrected chi connectivity index (χ3v) is 5.54. The SMILES string of the molecule is O=c1cc2nc(Sc3ccc(F)cc3F)ccn2n1C1CCCCC1. The molecule has 4 rings (SSSR count). The van der Waals surface area contributed by atoms with Crippen molar-refractivity contribution in [2.45, 2.75) is 48.1 Å². The van der Waals surface area contributed by atoms with Crippen LogP contribution in [0.2, 0.25) is 0 Å². The first kappa shape index (κ1) is 16.3. The Hall–Kier alpha value is -2.15. The van der Waals surface area contributed by atoms with E-state index in [-0.39, 0.29) is 11.6 Å². The van der Waals surface area contributed by atoms with Crippen molar-refractivity contribution < 1.29 is 8.78 Å². The molecule has 0 radical (unpaired) electrons. The van der Waals surface area contributed by atoms with Crippen LogP contribution < -0.4 is 5.56 Å². The Morgan fingerprint density at radius 3 is 2.64 bits per heavy atom. The highest BCUT2D eigenvalue weighted by atomic mass is 32.2. The van der Waals surface area contributed by atoms with Gasteiger partial charge in [0.05, 0.1) is 6.04 Å². The summed E-state index contributed by atoms with van der Waals surface area (Å²) in [6, 6.07) is 6.93. The van der Waals surface area contributed by atoms with Gasteiger partial charge in [-0.2, -0.15) is 0 Å². The highest BCUT2D eigenvalue weighted by molar-refractivity contribution is 7.99. The molecule has 0 saturated heterocycles. The van der Waals surface area contributed by atoms with Gasteiger partial charge >= 0.3 is 0 Å². The van der Waals surface area contributed by atoms with Gasteiger partial charge in [0.25, 0.3) is 5.56 Å². The normalized spacial score (nSPS) is 15.8. The average Bonchev–Trinajstić information content (AvgIpc) is 2.93. The molecule has 2 heterocycles. The molecule has 0 atom stereocenters. The third-order valence-electron chi connectivity index (χ3n) is 4.56. The second kappa shape index (κ2) is 6.63. The van der Waals surface area contributed by atoms with Crippen LogP contribution in [0.4, 0.5) is 8.78 Å². The first-order valence-corrected chi connectivity index (χ1v) is 9.17. The van der Waals surface area contributed by atoms with Crippen molar-refractivity contribution >= 4 is 17.4 Å². The quantitative estimate of drug-likeness (QED) is 0.648. The molecule has 1 aromatic carbocycles. The van der Waals surface area contributed by atoms with Crippen molar-refractivity contribution in [2.75, 3.05) is 0 Å². The molecule has 0 amide bonds. The predicted octanol–water partition coefficient (Wildman–Crippen LogP) is 4.43. The molecule has 0 aliphatic heterocycles. The molecule has 2 aromatic heterocycles. The zero-order valence-corrected chi connectivity index (χ0v) is 14.3. The van der Waals surface area contributed by atoms with E-state index < -0.39 is 11.6 Å². The number of aromatic nitrogens is 3. The fourth-order valence-corrected chi connectivity index (χ4v) is 4.17. The van der Waals surface area contributed by atoms with Crippen LogP contribution in [0.1, 0.15) is 38.1 Å². The lowest BCUT2D eigenvalue weighted by Crippen LogP contribution is -2.26. The van der Waals surface area contributed by atoms with Gasteiger partial charge in [0.15, 0.2) is 5.65 Å². The third kappa shape index (κ3) is 3.20. The Bertz CT molecular complexity index is 976. The van der Waals surface area contributed by atoms with Gasteiger partial charge < -0.3 is 0 Å². The largest absolute Gasteiger partial charge is 0.269 e. The van der Waals surface area contributed by atoms with Crippen LogP contribution in [0, 0.1) is 11.6 Å². The molecular weight excluding hydrogens is 344 g/mol. The Labute approximate surface area is 147 Å². The number of fused-ring (bicyclic) bond motifs is 1. The molecule has 1 fully saturated rings. The molecule has 0 unspecified atom stereocenters. The Morgan fingerprint density at radius 1 is 1.08 bits per heavy atom. The molecule has 25 heavy (non-hydrogen) atoms. The van der Waals surface area contributed by atoms with Gasteiger partial charge in [-0.1, -0.05) is 31.0 Å². The van der Waals surface area contributed by atoms with Crippen LogP contribution in [-0.2, 0) is 0 Å². The molecule has 130 valence electrons. The smallest absolute Gasteiger partial charge is 0.268 e. The topological polar surface area (TPSA) is 39.3 Å². The number of rotatable bonds is 3. The van der Waals surface area contributed by atoms with Gasteiger partial charge in [-0.3, -0.25) is 4.79 Å². The zero-order chi connectivity index (χ0) is 17.4. The molecular formula is C18H17F2N3OS. The maximum absolute atomic E-state index is 13.8. The van der Waals surface area contributed by atoms with E-state index in [0.717, 1.165) is 43.5 Å². The average molecular weight is 361 g/mol. The Balaban J connectivity index is 1.68. The number of halogens is 2. The van der Waals surface area contributed by atoms with Crippen LogP contribution in [0.25, 0.3) is 5.65 Å². The molecule has 1 aliphatic carbocycles. The molecule has 1 aliphatic rings. The molecule has 0 bridgehead atoms. The Morgan fingerprint density at radius 2 is 1.88 bits per heavy atom. The molecule has 7 heteroatoms. The van der Waals surface area contributed by atoms with E-state index in [2.05, 4.69) is 4.98 Å². The summed E-state index contributed by atoms with van der Waals surface area (Å²) in [5.74, 6) is -1.23. The number of nitrogens with zero attached hydrogens (tertiary/aromatic N) is 3. The van der Waals surface area contributed by atoms with Gasteiger partial charge in [0.2, 0.25) is 0 Å². The van der Waals surface area contributed by atoms with E-state index in [4.69, 9.17) is 0 Å². The number of hydrogen-bond donors (Lipinski definition) is 0. The maximum Gasteiger partial charge on any atom is 0.269 e. The first-order chi connectivity index (χ1) is 12.1. The summed E-state index contributed by atoms with van der Waals surface area (Å²) in [5, 5.41) is 0.561. The van der Waals surface area contributed by atoms with E-state index in [9.17, 15) is 13.6 Å². The second-order valence-corrected chi connectivity index (χ2v) is 7.33. The van der Waals surface area contributed by atoms with E-state index in [1.807, 2.05) is 0 Å². The van der Waals surface area contributed by atoms with Crippen molar-refractivity contribution in [3.05, 3.63) is 58.5 Å². The lowest BCUT2D eigenvalue weighted by Gasteiger charge is -2.23. The van der Waals surface area contributed by atoms with Crippen LogP contribution in [0.15, 0.2) is 51.2 Å². The zero-order valence-electron chi connectivity index (χ0n) is 13.5. The molecule has 3 aromatic rings. The fraction of sp³-hybridized carbons (Fsp3) is 0.333. The monoisotopic (exact) mass is 361 g/mol. The predicted molar refractivity (Wildman–Crippen MR) is 92.1 cm³/mol. The summed E-state index contributed by atoms with van der Waals surface area (Å²) < 4.78 is 30.4. The minimum atomic E-state index is -0.621.